The highest BCUT2D eigenvalue weighted by atomic mass is 35.5. The summed E-state index contributed by atoms with van der Waals surface area (Å²) >= 11 is 5.60. The van der Waals surface area contributed by atoms with Crippen LogP contribution in [0.2, 0.25) is 5.02 Å². The molecule has 0 saturated carbocycles. The quantitative estimate of drug-likeness (QED) is 0.752. The van der Waals surface area contributed by atoms with E-state index < -0.39 is 28.5 Å². The van der Waals surface area contributed by atoms with Crippen molar-refractivity contribution >= 4 is 17.5 Å². The Bertz CT molecular complexity index is 994. The van der Waals surface area contributed by atoms with Crippen LogP contribution in [0.1, 0.15) is 48.8 Å². The first-order chi connectivity index (χ1) is 13.8. The Hall–Kier alpha value is -2.36. The first-order valence-electron chi connectivity index (χ1n) is 9.44. The van der Waals surface area contributed by atoms with Gasteiger partial charge in [-0.2, -0.15) is 18.3 Å². The van der Waals surface area contributed by atoms with Gasteiger partial charge in [0.1, 0.15) is 11.9 Å². The molecule has 1 fully saturated rings. The predicted molar refractivity (Wildman–Crippen MR) is 97.6 cm³/mol. The fourth-order valence-corrected chi connectivity index (χ4v) is 4.17. The molecule has 2 aromatic heterocycles. The number of aromatic nitrogens is 4. The number of hydrogen-bond acceptors (Lipinski definition) is 4. The summed E-state index contributed by atoms with van der Waals surface area (Å²) in [6.45, 7) is 1.13. The van der Waals surface area contributed by atoms with Gasteiger partial charge in [0.2, 0.25) is 5.91 Å². The zero-order valence-electron chi connectivity index (χ0n) is 15.5. The van der Waals surface area contributed by atoms with Crippen LogP contribution >= 0.6 is 11.6 Å². The molecule has 4 heterocycles. The number of rotatable bonds is 3. The number of likely N-dealkylation sites (tertiary alicyclic amines) is 1. The third kappa shape index (κ3) is 3.77. The second-order valence-corrected chi connectivity index (χ2v) is 7.73. The van der Waals surface area contributed by atoms with Crippen molar-refractivity contribution in [3.05, 3.63) is 44.9 Å². The minimum Gasteiger partial charge on any atom is -0.341 e. The van der Waals surface area contributed by atoms with Crippen LogP contribution in [-0.4, -0.2) is 43.2 Å². The van der Waals surface area contributed by atoms with E-state index in [1.54, 1.807) is 4.90 Å². The number of fused-ring (bicyclic) bond motifs is 1. The summed E-state index contributed by atoms with van der Waals surface area (Å²) in [6, 6.07) is 0.210. The Morgan fingerprint density at radius 2 is 1.97 bits per heavy atom. The van der Waals surface area contributed by atoms with Gasteiger partial charge in [-0.1, -0.05) is 11.6 Å². The lowest BCUT2D eigenvalue weighted by Crippen LogP contribution is -2.41. The van der Waals surface area contributed by atoms with Crippen molar-refractivity contribution < 1.29 is 18.0 Å². The highest BCUT2D eigenvalue weighted by molar-refractivity contribution is 6.31. The summed E-state index contributed by atoms with van der Waals surface area (Å²) in [4.78, 5) is 31.4. The Kier molecular flexibility index (Phi) is 5.14. The van der Waals surface area contributed by atoms with Crippen molar-refractivity contribution in [3.63, 3.8) is 0 Å². The van der Waals surface area contributed by atoms with Crippen LogP contribution in [0.25, 0.3) is 0 Å². The van der Waals surface area contributed by atoms with Crippen molar-refractivity contribution in [1.29, 1.82) is 0 Å². The van der Waals surface area contributed by atoms with Crippen LogP contribution in [0, 0.1) is 0 Å². The monoisotopic (exact) mass is 429 g/mol. The molecule has 2 aliphatic rings. The van der Waals surface area contributed by atoms with Crippen LogP contribution in [0.15, 0.2) is 17.1 Å². The van der Waals surface area contributed by atoms with Crippen LogP contribution < -0.4 is 5.69 Å². The Labute approximate surface area is 169 Å². The standard InChI is InChI=1S/C18H19ClF3N5O2/c19-13-9-23-11(8-12(13)18(20,21)22)10-26-17(29)27-14(4-3-5-15(27)24-26)16(28)25-6-1-2-7-25/h8-9,14H,1-7,10H2. The summed E-state index contributed by atoms with van der Waals surface area (Å²) < 4.78 is 41.7. The number of carbonyl (C=O) groups is 1. The molecule has 7 nitrogen and oxygen atoms in total. The van der Waals surface area contributed by atoms with Crippen LogP contribution in [0.5, 0.6) is 0 Å². The number of hydrogen-bond donors (Lipinski definition) is 0. The van der Waals surface area contributed by atoms with E-state index in [1.165, 1.54) is 4.57 Å². The number of carbonyl (C=O) groups excluding carboxylic acids is 1. The number of alkyl halides is 3. The van der Waals surface area contributed by atoms with Gasteiger partial charge in [-0.15, -0.1) is 0 Å². The largest absolute Gasteiger partial charge is 0.417 e. The van der Waals surface area contributed by atoms with E-state index in [-0.39, 0.29) is 18.1 Å². The zero-order chi connectivity index (χ0) is 20.8. The molecule has 4 rings (SSSR count). The van der Waals surface area contributed by atoms with Gasteiger partial charge in [0, 0.05) is 25.7 Å². The minimum atomic E-state index is -4.62. The van der Waals surface area contributed by atoms with E-state index in [9.17, 15) is 22.8 Å². The van der Waals surface area contributed by atoms with Crippen molar-refractivity contribution in [1.82, 2.24) is 24.2 Å². The molecule has 156 valence electrons. The zero-order valence-corrected chi connectivity index (χ0v) is 16.2. The summed E-state index contributed by atoms with van der Waals surface area (Å²) in [5, 5.41) is 3.76. The van der Waals surface area contributed by atoms with E-state index in [0.29, 0.717) is 31.8 Å². The molecule has 0 aromatic carbocycles. The van der Waals surface area contributed by atoms with Crippen molar-refractivity contribution in [2.75, 3.05) is 13.1 Å². The Morgan fingerprint density at radius 1 is 1.24 bits per heavy atom. The maximum Gasteiger partial charge on any atom is 0.417 e. The first-order valence-corrected chi connectivity index (χ1v) is 9.82. The van der Waals surface area contributed by atoms with E-state index in [4.69, 9.17) is 11.6 Å². The topological polar surface area (TPSA) is 73.0 Å². The molecule has 29 heavy (non-hydrogen) atoms. The van der Waals surface area contributed by atoms with E-state index in [2.05, 4.69) is 10.1 Å². The smallest absolute Gasteiger partial charge is 0.341 e. The van der Waals surface area contributed by atoms with Gasteiger partial charge < -0.3 is 4.90 Å². The summed E-state index contributed by atoms with van der Waals surface area (Å²) in [7, 11) is 0. The Morgan fingerprint density at radius 3 is 2.66 bits per heavy atom. The fraction of sp³-hybridized carbons (Fsp3) is 0.556. The van der Waals surface area contributed by atoms with Crippen molar-refractivity contribution in [3.8, 4) is 0 Å². The number of nitrogens with zero attached hydrogens (tertiary/aromatic N) is 5. The molecular weight excluding hydrogens is 411 g/mol. The molecule has 2 aromatic rings. The molecule has 11 heteroatoms. The SMILES string of the molecule is O=C(C1CCCc2nn(Cc3cc(C(F)(F)F)c(Cl)cn3)c(=O)n21)N1CCCC1. The molecule has 0 bridgehead atoms. The molecule has 2 aliphatic heterocycles. The highest BCUT2D eigenvalue weighted by Gasteiger charge is 2.35. The fourth-order valence-electron chi connectivity index (χ4n) is 3.96. The molecule has 1 unspecified atom stereocenters. The lowest BCUT2D eigenvalue weighted by molar-refractivity contribution is -0.137. The molecule has 1 amide bonds. The third-order valence-corrected chi connectivity index (χ3v) is 5.66. The molecule has 0 N–H and O–H groups in total. The van der Waals surface area contributed by atoms with Crippen LogP contribution in [-0.2, 0) is 23.9 Å². The molecule has 0 radical (unpaired) electrons. The second kappa shape index (κ2) is 7.47. The van der Waals surface area contributed by atoms with Crippen LogP contribution in [0.3, 0.4) is 0 Å². The molecule has 0 spiro atoms. The Balaban J connectivity index is 1.64. The number of halogens is 4. The van der Waals surface area contributed by atoms with Gasteiger partial charge in [-0.25, -0.2) is 9.48 Å². The minimum absolute atomic E-state index is 0.0155. The first kappa shape index (κ1) is 19.9. The maximum atomic E-state index is 13.1. The normalized spacial score (nSPS) is 19.4. The highest BCUT2D eigenvalue weighted by Crippen LogP contribution is 2.34. The lowest BCUT2D eigenvalue weighted by atomic mass is 10.0. The summed E-state index contributed by atoms with van der Waals surface area (Å²) in [5.74, 6) is 0.387. The molecule has 1 atom stereocenters. The van der Waals surface area contributed by atoms with E-state index >= 15 is 0 Å². The van der Waals surface area contributed by atoms with Gasteiger partial charge >= 0.3 is 11.9 Å². The average Bonchev–Trinajstić information content (AvgIpc) is 3.31. The van der Waals surface area contributed by atoms with E-state index in [0.717, 1.165) is 36.2 Å². The number of pyridine rings is 1. The summed E-state index contributed by atoms with van der Waals surface area (Å²) in [5.41, 5.74) is -1.51. The van der Waals surface area contributed by atoms with Crippen LogP contribution in [0.4, 0.5) is 13.2 Å². The third-order valence-electron chi connectivity index (χ3n) is 5.36. The van der Waals surface area contributed by atoms with E-state index in [1.807, 2.05) is 0 Å². The maximum absolute atomic E-state index is 13.1. The van der Waals surface area contributed by atoms with Gasteiger partial charge in [0.05, 0.1) is 22.8 Å². The average molecular weight is 430 g/mol. The van der Waals surface area contributed by atoms with Gasteiger partial charge in [-0.3, -0.25) is 14.3 Å². The van der Waals surface area contributed by atoms with Crippen molar-refractivity contribution in [2.24, 2.45) is 0 Å². The van der Waals surface area contributed by atoms with Gasteiger partial charge in [-0.05, 0) is 31.7 Å². The predicted octanol–water partition coefficient (Wildman–Crippen LogP) is 2.66. The number of aryl methyl sites for hydroxylation is 1. The van der Waals surface area contributed by atoms with Gasteiger partial charge in [0.25, 0.3) is 0 Å². The molecule has 1 saturated heterocycles. The van der Waals surface area contributed by atoms with Crippen molar-refractivity contribution in [2.45, 2.75) is 50.9 Å². The molecule has 0 aliphatic carbocycles. The second-order valence-electron chi connectivity index (χ2n) is 7.32. The van der Waals surface area contributed by atoms with Gasteiger partial charge in [0.15, 0.2) is 0 Å². The number of amides is 1. The lowest BCUT2D eigenvalue weighted by Gasteiger charge is -2.27. The molecular formula is C18H19ClF3N5O2. The summed E-state index contributed by atoms with van der Waals surface area (Å²) in [6.07, 6.45) is -0.00923.